The van der Waals surface area contributed by atoms with Crippen LogP contribution in [0.1, 0.15) is 11.1 Å². The molecule has 1 aromatic heterocycles. The third-order valence-corrected chi connectivity index (χ3v) is 3.29. The molecule has 2 heteroatoms. The molecular formula is C16H14FN. The summed E-state index contributed by atoms with van der Waals surface area (Å²) in [5.74, 6) is -0.145. The summed E-state index contributed by atoms with van der Waals surface area (Å²) in [6.07, 6.45) is 2.08. The molecule has 3 aromatic rings. The van der Waals surface area contributed by atoms with Crippen LogP contribution in [-0.4, -0.2) is 4.57 Å². The number of rotatable bonds is 2. The van der Waals surface area contributed by atoms with Crippen LogP contribution in [-0.2, 0) is 6.54 Å². The van der Waals surface area contributed by atoms with Crippen molar-refractivity contribution in [2.45, 2.75) is 13.5 Å². The van der Waals surface area contributed by atoms with E-state index < -0.39 is 0 Å². The van der Waals surface area contributed by atoms with Crippen molar-refractivity contribution in [3.8, 4) is 0 Å². The molecule has 0 N–H and O–H groups in total. The average Bonchev–Trinajstić information content (AvgIpc) is 2.70. The van der Waals surface area contributed by atoms with Crippen molar-refractivity contribution < 1.29 is 4.39 Å². The number of para-hydroxylation sites is 1. The lowest BCUT2D eigenvalue weighted by molar-refractivity contribution is 0.602. The number of hydrogen-bond acceptors (Lipinski definition) is 0. The van der Waals surface area contributed by atoms with E-state index in [9.17, 15) is 4.39 Å². The number of benzene rings is 2. The second kappa shape index (κ2) is 4.30. The fraction of sp³-hybridized carbons (Fsp3) is 0.125. The lowest BCUT2D eigenvalue weighted by atomic mass is 10.2. The summed E-state index contributed by atoms with van der Waals surface area (Å²) in [6.45, 7) is 2.65. The highest BCUT2D eigenvalue weighted by Crippen LogP contribution is 2.21. The maximum atomic E-state index is 13.7. The van der Waals surface area contributed by atoms with Crippen LogP contribution in [0.15, 0.2) is 54.7 Å². The van der Waals surface area contributed by atoms with E-state index >= 15 is 0 Å². The molecule has 3 rings (SSSR count). The topological polar surface area (TPSA) is 4.93 Å². The molecule has 0 unspecified atom stereocenters. The van der Waals surface area contributed by atoms with Crippen LogP contribution in [0.4, 0.5) is 4.39 Å². The number of hydrogen-bond donors (Lipinski definition) is 0. The first-order chi connectivity index (χ1) is 8.75. The zero-order chi connectivity index (χ0) is 12.5. The Bertz CT molecular complexity index is 697. The SMILES string of the molecule is Cc1cn(Cc2ccccc2F)c2ccccc12. The molecule has 0 fully saturated rings. The van der Waals surface area contributed by atoms with E-state index in [1.54, 1.807) is 6.07 Å². The van der Waals surface area contributed by atoms with Crippen molar-refractivity contribution in [3.63, 3.8) is 0 Å². The Morgan fingerprint density at radius 3 is 2.56 bits per heavy atom. The van der Waals surface area contributed by atoms with Crippen LogP contribution in [0.3, 0.4) is 0 Å². The maximum Gasteiger partial charge on any atom is 0.128 e. The Labute approximate surface area is 105 Å². The van der Waals surface area contributed by atoms with Gasteiger partial charge in [-0.3, -0.25) is 0 Å². The smallest absolute Gasteiger partial charge is 0.128 e. The second-order valence-corrected chi connectivity index (χ2v) is 4.55. The lowest BCUT2D eigenvalue weighted by Gasteiger charge is -2.06. The summed E-state index contributed by atoms with van der Waals surface area (Å²) in [4.78, 5) is 0. The van der Waals surface area contributed by atoms with Gasteiger partial charge in [0.1, 0.15) is 5.82 Å². The standard InChI is InChI=1S/C16H14FN/c1-12-10-18(16-9-5-3-7-14(12)16)11-13-6-2-4-8-15(13)17/h2-10H,11H2,1H3. The van der Waals surface area contributed by atoms with E-state index in [4.69, 9.17) is 0 Å². The van der Waals surface area contributed by atoms with Gasteiger partial charge >= 0.3 is 0 Å². The van der Waals surface area contributed by atoms with E-state index in [2.05, 4.69) is 29.8 Å². The Balaban J connectivity index is 2.08. The van der Waals surface area contributed by atoms with Gasteiger partial charge in [0.15, 0.2) is 0 Å². The molecule has 0 spiro atoms. The number of halogens is 1. The molecule has 18 heavy (non-hydrogen) atoms. The second-order valence-electron chi connectivity index (χ2n) is 4.55. The first kappa shape index (κ1) is 11.0. The lowest BCUT2D eigenvalue weighted by Crippen LogP contribution is -2.00. The fourth-order valence-electron chi connectivity index (χ4n) is 2.37. The van der Waals surface area contributed by atoms with Gasteiger partial charge in [-0.1, -0.05) is 36.4 Å². The number of aryl methyl sites for hydroxylation is 1. The highest BCUT2D eigenvalue weighted by atomic mass is 19.1. The molecule has 2 aromatic carbocycles. The summed E-state index contributed by atoms with van der Waals surface area (Å²) < 4.78 is 15.8. The maximum absolute atomic E-state index is 13.7. The summed E-state index contributed by atoms with van der Waals surface area (Å²) >= 11 is 0. The summed E-state index contributed by atoms with van der Waals surface area (Å²) in [5, 5.41) is 1.23. The quantitative estimate of drug-likeness (QED) is 0.633. The molecule has 1 heterocycles. The van der Waals surface area contributed by atoms with Crippen LogP contribution in [0.25, 0.3) is 10.9 Å². The molecule has 0 saturated carbocycles. The average molecular weight is 239 g/mol. The van der Waals surface area contributed by atoms with E-state index in [0.717, 1.165) is 11.1 Å². The van der Waals surface area contributed by atoms with E-state index in [1.165, 1.54) is 17.0 Å². The summed E-state index contributed by atoms with van der Waals surface area (Å²) in [7, 11) is 0. The molecule has 0 radical (unpaired) electrons. The first-order valence-corrected chi connectivity index (χ1v) is 6.03. The predicted molar refractivity (Wildman–Crippen MR) is 72.2 cm³/mol. The largest absolute Gasteiger partial charge is 0.343 e. The van der Waals surface area contributed by atoms with Gasteiger partial charge in [0.05, 0.1) is 6.54 Å². The monoisotopic (exact) mass is 239 g/mol. The van der Waals surface area contributed by atoms with Gasteiger partial charge in [-0.05, 0) is 24.6 Å². The fourth-order valence-corrected chi connectivity index (χ4v) is 2.37. The summed E-state index contributed by atoms with van der Waals surface area (Å²) in [6, 6.07) is 15.1. The molecule has 0 aliphatic carbocycles. The normalized spacial score (nSPS) is 11.0. The minimum Gasteiger partial charge on any atom is -0.343 e. The third-order valence-electron chi connectivity index (χ3n) is 3.29. The van der Waals surface area contributed by atoms with Gasteiger partial charge in [0.2, 0.25) is 0 Å². The van der Waals surface area contributed by atoms with Crippen molar-refractivity contribution >= 4 is 10.9 Å². The van der Waals surface area contributed by atoms with Gasteiger partial charge < -0.3 is 4.57 Å². The van der Waals surface area contributed by atoms with Gasteiger partial charge in [0.25, 0.3) is 0 Å². The van der Waals surface area contributed by atoms with Crippen LogP contribution in [0, 0.1) is 12.7 Å². The van der Waals surface area contributed by atoms with Crippen molar-refractivity contribution in [3.05, 3.63) is 71.7 Å². The van der Waals surface area contributed by atoms with Gasteiger partial charge in [0, 0.05) is 22.7 Å². The predicted octanol–water partition coefficient (Wildman–Crippen LogP) is 4.14. The van der Waals surface area contributed by atoms with Crippen LogP contribution in [0.2, 0.25) is 0 Å². The zero-order valence-corrected chi connectivity index (χ0v) is 10.2. The van der Waals surface area contributed by atoms with Crippen molar-refractivity contribution in [2.75, 3.05) is 0 Å². The highest BCUT2D eigenvalue weighted by molar-refractivity contribution is 5.83. The minimum absolute atomic E-state index is 0.145. The molecule has 0 amide bonds. The van der Waals surface area contributed by atoms with Gasteiger partial charge in [-0.2, -0.15) is 0 Å². The molecule has 0 saturated heterocycles. The highest BCUT2D eigenvalue weighted by Gasteiger charge is 2.07. The number of aromatic nitrogens is 1. The van der Waals surface area contributed by atoms with Crippen molar-refractivity contribution in [1.82, 2.24) is 4.57 Å². The van der Waals surface area contributed by atoms with Gasteiger partial charge in [-0.25, -0.2) is 4.39 Å². The van der Waals surface area contributed by atoms with Crippen molar-refractivity contribution in [2.24, 2.45) is 0 Å². The molecule has 0 aliphatic rings. The van der Waals surface area contributed by atoms with Crippen LogP contribution >= 0.6 is 0 Å². The number of nitrogens with zero attached hydrogens (tertiary/aromatic N) is 1. The first-order valence-electron chi connectivity index (χ1n) is 6.03. The van der Waals surface area contributed by atoms with E-state index in [0.29, 0.717) is 6.54 Å². The zero-order valence-electron chi connectivity index (χ0n) is 10.2. The Morgan fingerprint density at radius 2 is 1.72 bits per heavy atom. The molecule has 0 atom stereocenters. The van der Waals surface area contributed by atoms with E-state index in [-0.39, 0.29) is 5.82 Å². The molecule has 0 aliphatic heterocycles. The van der Waals surface area contributed by atoms with Crippen LogP contribution in [0.5, 0.6) is 0 Å². The molecular weight excluding hydrogens is 225 g/mol. The third kappa shape index (κ3) is 1.80. The Hall–Kier alpha value is -2.09. The molecule has 1 nitrogen and oxygen atoms in total. The van der Waals surface area contributed by atoms with Crippen LogP contribution < -0.4 is 0 Å². The molecule has 90 valence electrons. The van der Waals surface area contributed by atoms with E-state index in [1.807, 2.05) is 24.3 Å². The Morgan fingerprint density at radius 1 is 1.00 bits per heavy atom. The van der Waals surface area contributed by atoms with Crippen molar-refractivity contribution in [1.29, 1.82) is 0 Å². The Kier molecular flexibility index (Phi) is 2.63. The summed E-state index contributed by atoms with van der Waals surface area (Å²) in [5.41, 5.74) is 3.10. The minimum atomic E-state index is -0.145. The van der Waals surface area contributed by atoms with Gasteiger partial charge in [-0.15, -0.1) is 0 Å². The number of fused-ring (bicyclic) bond motifs is 1. The molecule has 0 bridgehead atoms.